The molecule has 11 nitrogen and oxygen atoms in total. The van der Waals surface area contributed by atoms with Crippen molar-refractivity contribution in [1.29, 1.82) is 0 Å². The van der Waals surface area contributed by atoms with Crippen LogP contribution in [0.25, 0.3) is 16.1 Å². The van der Waals surface area contributed by atoms with E-state index < -0.39 is 17.9 Å². The number of nitrogens with zero attached hydrogens (tertiary/aromatic N) is 5. The molecule has 0 aromatic carbocycles. The third-order valence-corrected chi connectivity index (χ3v) is 7.10. The molecule has 1 amide bonds. The van der Waals surface area contributed by atoms with Crippen LogP contribution in [-0.2, 0) is 6.42 Å². The first-order valence-corrected chi connectivity index (χ1v) is 12.4. The number of H-pyrrole nitrogens is 1. The molecule has 1 aliphatic rings. The predicted molar refractivity (Wildman–Crippen MR) is 145 cm³/mol. The van der Waals surface area contributed by atoms with E-state index in [2.05, 4.69) is 26.8 Å². The number of nitrogens with two attached hydrogens (primary N) is 2. The van der Waals surface area contributed by atoms with E-state index in [-0.39, 0.29) is 27.0 Å². The number of amides is 1. The Balaban J connectivity index is 1.73. The second kappa shape index (κ2) is 11.0. The Kier molecular flexibility index (Phi) is 7.80. The van der Waals surface area contributed by atoms with Crippen molar-refractivity contribution < 1.29 is 9.18 Å². The first-order valence-electron chi connectivity index (χ1n) is 11.2. The van der Waals surface area contributed by atoms with E-state index >= 15 is 0 Å². The molecule has 1 unspecified atom stereocenters. The number of pyridine rings is 1. The number of hydrazone groups is 1. The highest BCUT2D eigenvalue weighted by atomic mass is 35.5. The number of aromatic nitrogens is 3. The number of aromatic amines is 1. The Morgan fingerprint density at radius 2 is 2.18 bits per heavy atom. The zero-order chi connectivity index (χ0) is 27.6. The van der Waals surface area contributed by atoms with Crippen LogP contribution in [-0.4, -0.2) is 31.8 Å². The summed E-state index contributed by atoms with van der Waals surface area (Å²) < 4.78 is 16.4. The average Bonchev–Trinajstić information content (AvgIpc) is 3.61. The van der Waals surface area contributed by atoms with Gasteiger partial charge in [0.1, 0.15) is 17.9 Å². The zero-order valence-electron chi connectivity index (χ0n) is 20.0. The molecule has 5 N–H and O–H groups in total. The van der Waals surface area contributed by atoms with Crippen molar-refractivity contribution in [3.8, 4) is 10.6 Å². The lowest BCUT2D eigenvalue weighted by Crippen LogP contribution is -2.30. The maximum Gasteiger partial charge on any atom is 0.326 e. The molecule has 0 bridgehead atoms. The molecule has 0 radical (unpaired) electrons. The number of carbonyl (C=O) groups excluding carboxylic acids is 1. The van der Waals surface area contributed by atoms with E-state index in [1.54, 1.807) is 23.6 Å². The first kappa shape index (κ1) is 26.9. The monoisotopic (exact) mass is 556 g/mol. The van der Waals surface area contributed by atoms with Crippen molar-refractivity contribution >= 4 is 40.8 Å². The second-order valence-corrected chi connectivity index (χ2v) is 9.77. The molecular formula is C24H22ClFN8O3S. The molecular weight excluding hydrogens is 535 g/mol. The summed E-state index contributed by atoms with van der Waals surface area (Å²) in [6, 6.07) is 5.60. The van der Waals surface area contributed by atoms with Crippen LogP contribution in [0.1, 0.15) is 46.1 Å². The highest BCUT2D eigenvalue weighted by molar-refractivity contribution is 7.17. The first-order chi connectivity index (χ1) is 18.2. The lowest BCUT2D eigenvalue weighted by atomic mass is 10.0. The van der Waals surface area contributed by atoms with Gasteiger partial charge >= 0.3 is 5.91 Å². The minimum absolute atomic E-state index is 0.0567. The fraction of sp³-hybridized carbons (Fsp3) is 0.167. The van der Waals surface area contributed by atoms with Gasteiger partial charge in [-0.05, 0) is 49.6 Å². The van der Waals surface area contributed by atoms with Crippen molar-refractivity contribution in [2.75, 3.05) is 0 Å². The number of halogens is 2. The van der Waals surface area contributed by atoms with Gasteiger partial charge in [0.15, 0.2) is 0 Å². The van der Waals surface area contributed by atoms with Gasteiger partial charge < -0.3 is 15.4 Å². The van der Waals surface area contributed by atoms with Crippen LogP contribution in [0, 0.1) is 10.9 Å². The van der Waals surface area contributed by atoms with Gasteiger partial charge in [-0.15, -0.1) is 16.2 Å². The van der Waals surface area contributed by atoms with E-state index in [1.165, 1.54) is 29.5 Å². The van der Waals surface area contributed by atoms with Crippen molar-refractivity contribution in [2.24, 2.45) is 22.0 Å². The highest BCUT2D eigenvalue weighted by Crippen LogP contribution is 2.35. The standard InChI is InChI=1S/C24H22ClFN8O3S/c1-3-16(33(28)11-29-27)15(8-12(2)25)13-9-14-4-5-17(34(14)20(35)10-13)23-30-21(22(26)31-23)18-6-7-19(38-18)24(36)32-37/h3,6-11,17H,2,4-5,27-28H2,1H3,(H,30,31)/b15-8-,16-3+,29-11-. The number of thiophene rings is 1. The highest BCUT2D eigenvalue weighted by Gasteiger charge is 2.30. The second-order valence-electron chi connectivity index (χ2n) is 8.20. The molecule has 38 heavy (non-hydrogen) atoms. The summed E-state index contributed by atoms with van der Waals surface area (Å²) in [5.74, 6) is 9.82. The molecule has 0 fully saturated rings. The van der Waals surface area contributed by atoms with Crippen LogP contribution in [0.5, 0.6) is 0 Å². The zero-order valence-corrected chi connectivity index (χ0v) is 21.6. The maximum atomic E-state index is 14.8. The van der Waals surface area contributed by atoms with Crippen LogP contribution in [0.15, 0.2) is 68.8 Å². The van der Waals surface area contributed by atoms with Gasteiger partial charge in [0.25, 0.3) is 5.56 Å². The summed E-state index contributed by atoms with van der Waals surface area (Å²) in [6.45, 7) is 5.47. The molecule has 1 atom stereocenters. The Bertz CT molecular complexity index is 1590. The molecule has 196 valence electrons. The van der Waals surface area contributed by atoms with Gasteiger partial charge in [-0.2, -0.15) is 9.49 Å². The molecule has 14 heteroatoms. The number of carbonyl (C=O) groups is 1. The molecule has 0 saturated heterocycles. The molecule has 1 aliphatic heterocycles. The summed E-state index contributed by atoms with van der Waals surface area (Å²) in [7, 11) is 0. The number of hydrazine groups is 1. The van der Waals surface area contributed by atoms with E-state index in [1.807, 2.05) is 6.07 Å². The summed E-state index contributed by atoms with van der Waals surface area (Å²) in [5.41, 5.74) is 1.98. The van der Waals surface area contributed by atoms with Gasteiger partial charge in [0, 0.05) is 27.5 Å². The van der Waals surface area contributed by atoms with Crippen molar-refractivity contribution in [3.05, 3.63) is 96.9 Å². The number of rotatable bonds is 8. The minimum atomic E-state index is -0.936. The van der Waals surface area contributed by atoms with E-state index in [0.29, 0.717) is 40.2 Å². The molecule has 4 rings (SSSR count). The summed E-state index contributed by atoms with van der Waals surface area (Å²) in [6.07, 6.45) is 5.51. The predicted octanol–water partition coefficient (Wildman–Crippen LogP) is 4.00. The quantitative estimate of drug-likeness (QED) is 0.0941. The molecule has 3 aromatic heterocycles. The average molecular weight is 557 g/mol. The van der Waals surface area contributed by atoms with E-state index in [4.69, 9.17) is 23.3 Å². The van der Waals surface area contributed by atoms with E-state index in [0.717, 1.165) is 11.3 Å². The summed E-state index contributed by atoms with van der Waals surface area (Å²) in [4.78, 5) is 42.8. The van der Waals surface area contributed by atoms with Crippen LogP contribution in [0.3, 0.4) is 0 Å². The lowest BCUT2D eigenvalue weighted by molar-refractivity contribution is 0.100. The number of aryl methyl sites for hydroxylation is 1. The molecule has 0 spiro atoms. The van der Waals surface area contributed by atoms with Crippen molar-refractivity contribution in [1.82, 2.24) is 19.5 Å². The SMILES string of the molecule is C=C(Cl)/C=C(\C(=C/C)N(N)/C=N\N)c1cc2n(c(=O)c1)C(c1nc(F)c(-c3ccc(C(=O)N=O)s3)[nH]1)CC2. The van der Waals surface area contributed by atoms with Gasteiger partial charge in [0.2, 0.25) is 5.95 Å². The number of nitrogens with one attached hydrogen (secondary N) is 1. The number of allylic oxidation sites excluding steroid dienone is 4. The Morgan fingerprint density at radius 1 is 1.42 bits per heavy atom. The van der Waals surface area contributed by atoms with Crippen LogP contribution < -0.4 is 17.2 Å². The number of imidazole rings is 1. The summed E-state index contributed by atoms with van der Waals surface area (Å²) in [5, 5.41) is 7.23. The van der Waals surface area contributed by atoms with Crippen molar-refractivity contribution in [3.63, 3.8) is 0 Å². The topological polar surface area (TPSA) is 165 Å². The fourth-order valence-corrected chi connectivity index (χ4v) is 5.35. The number of fused-ring (bicyclic) bond motifs is 1. The lowest BCUT2D eigenvalue weighted by Gasteiger charge is -2.21. The van der Waals surface area contributed by atoms with Crippen molar-refractivity contribution in [2.45, 2.75) is 25.8 Å². The molecule has 0 aliphatic carbocycles. The van der Waals surface area contributed by atoms with Crippen LogP contribution in [0.4, 0.5) is 4.39 Å². The third-order valence-electron chi connectivity index (χ3n) is 5.90. The van der Waals surface area contributed by atoms with Crippen LogP contribution >= 0.6 is 22.9 Å². The van der Waals surface area contributed by atoms with Gasteiger partial charge in [0.05, 0.1) is 21.5 Å². The normalized spacial score (nSPS) is 15.6. The van der Waals surface area contributed by atoms with Crippen LogP contribution in [0.2, 0.25) is 0 Å². The third kappa shape index (κ3) is 5.11. The smallest absolute Gasteiger partial charge is 0.326 e. The molecule has 0 saturated carbocycles. The molecule has 4 heterocycles. The molecule has 3 aromatic rings. The summed E-state index contributed by atoms with van der Waals surface area (Å²) >= 11 is 6.99. The Hall–Kier alpha value is -4.20. The van der Waals surface area contributed by atoms with Gasteiger partial charge in [-0.25, -0.2) is 10.8 Å². The number of hydrogen-bond acceptors (Lipinski definition) is 8. The maximum absolute atomic E-state index is 14.8. The Morgan fingerprint density at radius 3 is 2.84 bits per heavy atom. The van der Waals surface area contributed by atoms with Gasteiger partial charge in [-0.1, -0.05) is 24.3 Å². The Labute approximate surface area is 224 Å². The van der Waals surface area contributed by atoms with Gasteiger partial charge in [-0.3, -0.25) is 14.6 Å². The minimum Gasteiger partial charge on any atom is -0.337 e. The van der Waals surface area contributed by atoms with E-state index in [9.17, 15) is 18.9 Å². The number of hydrogen-bond donors (Lipinski definition) is 3. The number of nitroso groups, excluding NO2 is 1. The largest absolute Gasteiger partial charge is 0.337 e. The fourth-order valence-electron chi connectivity index (χ4n) is 4.37.